The van der Waals surface area contributed by atoms with Crippen molar-refractivity contribution in [2.45, 2.75) is 45.6 Å². The third-order valence-electron chi connectivity index (χ3n) is 4.00. The van der Waals surface area contributed by atoms with Crippen LogP contribution in [0.3, 0.4) is 0 Å². The fraction of sp³-hybridized carbons (Fsp3) is 0.600. The average molecular weight is 296 g/mol. The minimum Gasteiger partial charge on any atom is -0.324 e. The standard InChI is InChI=1S/C15H22BrN/c1-10-4-3-5-12(8-10)15(17)13-7-6-11(2)9-14(13)16/h6-7,9-10,12,15H,3-5,8,17H2,1-2H3. The summed E-state index contributed by atoms with van der Waals surface area (Å²) in [4.78, 5) is 0. The highest BCUT2D eigenvalue weighted by Gasteiger charge is 2.26. The minimum atomic E-state index is 0.188. The molecule has 1 nitrogen and oxygen atoms in total. The molecule has 17 heavy (non-hydrogen) atoms. The zero-order valence-electron chi connectivity index (χ0n) is 10.7. The molecule has 2 N–H and O–H groups in total. The summed E-state index contributed by atoms with van der Waals surface area (Å²) in [5.41, 5.74) is 9.01. The number of nitrogens with two attached hydrogens (primary N) is 1. The molecular formula is C15H22BrN. The molecule has 1 aliphatic carbocycles. The second-order valence-corrected chi connectivity index (χ2v) is 6.44. The summed E-state index contributed by atoms with van der Waals surface area (Å²) in [6.45, 7) is 4.46. The molecule has 3 unspecified atom stereocenters. The Morgan fingerprint density at radius 1 is 1.35 bits per heavy atom. The first-order chi connectivity index (χ1) is 8.08. The van der Waals surface area contributed by atoms with Crippen LogP contribution in [-0.4, -0.2) is 0 Å². The second kappa shape index (κ2) is 5.53. The molecule has 0 bridgehead atoms. The largest absolute Gasteiger partial charge is 0.324 e. The van der Waals surface area contributed by atoms with Crippen molar-refractivity contribution in [3.8, 4) is 0 Å². The summed E-state index contributed by atoms with van der Waals surface area (Å²) in [6.07, 6.45) is 5.27. The van der Waals surface area contributed by atoms with E-state index in [0.29, 0.717) is 5.92 Å². The van der Waals surface area contributed by atoms with Gasteiger partial charge in [-0.15, -0.1) is 0 Å². The van der Waals surface area contributed by atoms with Crippen LogP contribution in [0.4, 0.5) is 0 Å². The molecular weight excluding hydrogens is 274 g/mol. The number of halogens is 1. The Labute approximate surface area is 113 Å². The van der Waals surface area contributed by atoms with Gasteiger partial charge in [0.15, 0.2) is 0 Å². The van der Waals surface area contributed by atoms with E-state index in [0.717, 1.165) is 5.92 Å². The maximum atomic E-state index is 6.45. The van der Waals surface area contributed by atoms with Crippen molar-refractivity contribution in [3.63, 3.8) is 0 Å². The first kappa shape index (κ1) is 13.1. The van der Waals surface area contributed by atoms with Gasteiger partial charge < -0.3 is 5.73 Å². The van der Waals surface area contributed by atoms with E-state index < -0.39 is 0 Å². The second-order valence-electron chi connectivity index (χ2n) is 5.58. The van der Waals surface area contributed by atoms with Crippen LogP contribution < -0.4 is 5.73 Å². The van der Waals surface area contributed by atoms with E-state index in [1.54, 1.807) is 0 Å². The molecule has 2 rings (SSSR count). The fourth-order valence-corrected chi connectivity index (χ4v) is 3.72. The number of benzene rings is 1. The van der Waals surface area contributed by atoms with Gasteiger partial charge >= 0.3 is 0 Å². The maximum absolute atomic E-state index is 6.45. The van der Waals surface area contributed by atoms with Gasteiger partial charge in [0.05, 0.1) is 0 Å². The lowest BCUT2D eigenvalue weighted by Crippen LogP contribution is -2.26. The lowest BCUT2D eigenvalue weighted by atomic mass is 9.77. The van der Waals surface area contributed by atoms with Gasteiger partial charge in [0.1, 0.15) is 0 Å². The number of rotatable bonds is 2. The molecule has 94 valence electrons. The van der Waals surface area contributed by atoms with E-state index >= 15 is 0 Å². The first-order valence-corrected chi connectivity index (χ1v) is 7.39. The Balaban J connectivity index is 2.15. The molecule has 0 spiro atoms. The van der Waals surface area contributed by atoms with Crippen molar-refractivity contribution in [1.29, 1.82) is 0 Å². The van der Waals surface area contributed by atoms with Crippen molar-refractivity contribution in [2.24, 2.45) is 17.6 Å². The van der Waals surface area contributed by atoms with Crippen molar-refractivity contribution in [3.05, 3.63) is 33.8 Å². The zero-order valence-corrected chi connectivity index (χ0v) is 12.3. The Hall–Kier alpha value is -0.340. The third kappa shape index (κ3) is 3.11. The fourth-order valence-electron chi connectivity index (χ4n) is 2.96. The summed E-state index contributed by atoms with van der Waals surface area (Å²) in [7, 11) is 0. The molecule has 0 aromatic heterocycles. The van der Waals surface area contributed by atoms with Crippen LogP contribution in [0.15, 0.2) is 22.7 Å². The van der Waals surface area contributed by atoms with E-state index in [4.69, 9.17) is 5.73 Å². The lowest BCUT2D eigenvalue weighted by Gasteiger charge is -2.32. The maximum Gasteiger partial charge on any atom is 0.0334 e. The number of hydrogen-bond acceptors (Lipinski definition) is 1. The van der Waals surface area contributed by atoms with E-state index in [2.05, 4.69) is 48.0 Å². The average Bonchev–Trinajstić information content (AvgIpc) is 2.28. The van der Waals surface area contributed by atoms with E-state index in [-0.39, 0.29) is 6.04 Å². The quantitative estimate of drug-likeness (QED) is 0.849. The Morgan fingerprint density at radius 2 is 2.12 bits per heavy atom. The molecule has 1 saturated carbocycles. The summed E-state index contributed by atoms with van der Waals surface area (Å²) in [6, 6.07) is 6.70. The van der Waals surface area contributed by atoms with Gasteiger partial charge in [-0.2, -0.15) is 0 Å². The van der Waals surface area contributed by atoms with Crippen LogP contribution in [0.5, 0.6) is 0 Å². The van der Waals surface area contributed by atoms with Crippen LogP contribution in [0.1, 0.15) is 49.8 Å². The van der Waals surface area contributed by atoms with Crippen LogP contribution in [-0.2, 0) is 0 Å². The van der Waals surface area contributed by atoms with Gasteiger partial charge in [-0.25, -0.2) is 0 Å². The highest BCUT2D eigenvalue weighted by Crippen LogP contribution is 2.37. The molecule has 1 aromatic carbocycles. The van der Waals surface area contributed by atoms with Crippen molar-refractivity contribution in [2.75, 3.05) is 0 Å². The van der Waals surface area contributed by atoms with Crippen LogP contribution in [0, 0.1) is 18.8 Å². The molecule has 0 heterocycles. The predicted octanol–water partition coefficient (Wildman–Crippen LogP) is 4.58. The SMILES string of the molecule is Cc1ccc(C(N)C2CCCC(C)C2)c(Br)c1. The molecule has 3 atom stereocenters. The summed E-state index contributed by atoms with van der Waals surface area (Å²) >= 11 is 3.65. The highest BCUT2D eigenvalue weighted by molar-refractivity contribution is 9.10. The van der Waals surface area contributed by atoms with E-state index in [1.807, 2.05) is 0 Å². The molecule has 0 amide bonds. The van der Waals surface area contributed by atoms with Crippen molar-refractivity contribution < 1.29 is 0 Å². The van der Waals surface area contributed by atoms with E-state index in [9.17, 15) is 0 Å². The molecule has 1 fully saturated rings. The normalized spacial score (nSPS) is 26.8. The molecule has 1 aliphatic rings. The van der Waals surface area contributed by atoms with Crippen LogP contribution in [0.2, 0.25) is 0 Å². The van der Waals surface area contributed by atoms with Gasteiger partial charge in [0.25, 0.3) is 0 Å². The smallest absolute Gasteiger partial charge is 0.0334 e. The van der Waals surface area contributed by atoms with Gasteiger partial charge in [-0.05, 0) is 48.8 Å². The highest BCUT2D eigenvalue weighted by atomic mass is 79.9. The third-order valence-corrected chi connectivity index (χ3v) is 4.69. The first-order valence-electron chi connectivity index (χ1n) is 6.59. The monoisotopic (exact) mass is 295 g/mol. The summed E-state index contributed by atoms with van der Waals surface area (Å²) in [5.74, 6) is 1.49. The van der Waals surface area contributed by atoms with Crippen molar-refractivity contribution in [1.82, 2.24) is 0 Å². The number of aryl methyl sites for hydroxylation is 1. The predicted molar refractivity (Wildman–Crippen MR) is 76.9 cm³/mol. The van der Waals surface area contributed by atoms with Crippen LogP contribution in [0.25, 0.3) is 0 Å². The van der Waals surface area contributed by atoms with E-state index in [1.165, 1.54) is 41.3 Å². The van der Waals surface area contributed by atoms with Gasteiger partial charge in [-0.1, -0.05) is 47.8 Å². The lowest BCUT2D eigenvalue weighted by molar-refractivity contribution is 0.247. The Bertz CT molecular complexity index is 389. The van der Waals surface area contributed by atoms with Crippen LogP contribution >= 0.6 is 15.9 Å². The number of hydrogen-bond donors (Lipinski definition) is 1. The summed E-state index contributed by atoms with van der Waals surface area (Å²) < 4.78 is 1.17. The van der Waals surface area contributed by atoms with Gasteiger partial charge in [0, 0.05) is 10.5 Å². The Morgan fingerprint density at radius 3 is 2.76 bits per heavy atom. The molecule has 0 saturated heterocycles. The molecule has 0 aliphatic heterocycles. The van der Waals surface area contributed by atoms with Gasteiger partial charge in [-0.3, -0.25) is 0 Å². The molecule has 2 heteroatoms. The van der Waals surface area contributed by atoms with Gasteiger partial charge in [0.2, 0.25) is 0 Å². The topological polar surface area (TPSA) is 26.0 Å². The molecule has 0 radical (unpaired) electrons. The minimum absolute atomic E-state index is 0.188. The zero-order chi connectivity index (χ0) is 12.4. The summed E-state index contributed by atoms with van der Waals surface area (Å²) in [5, 5.41) is 0. The Kier molecular flexibility index (Phi) is 4.26. The molecule has 1 aromatic rings. The van der Waals surface area contributed by atoms with Crippen molar-refractivity contribution >= 4 is 15.9 Å².